The molecule has 1 heterocycles. The maximum absolute atomic E-state index is 5.47. The van der Waals surface area contributed by atoms with E-state index >= 15 is 0 Å². The highest BCUT2D eigenvalue weighted by molar-refractivity contribution is 5.79. The van der Waals surface area contributed by atoms with E-state index < -0.39 is 0 Å². The second kappa shape index (κ2) is 6.90. The van der Waals surface area contributed by atoms with E-state index in [1.54, 1.807) is 7.05 Å². The summed E-state index contributed by atoms with van der Waals surface area (Å²) in [6.45, 7) is 10.8. The zero-order valence-electron chi connectivity index (χ0n) is 14.2. The molecule has 2 N–H and O–H groups in total. The number of nitrogens with one attached hydrogen (secondary N) is 2. The lowest BCUT2D eigenvalue weighted by Gasteiger charge is -2.27. The summed E-state index contributed by atoms with van der Waals surface area (Å²) in [6.07, 6.45) is 0. The predicted octanol–water partition coefficient (Wildman–Crippen LogP) is 2.51. The summed E-state index contributed by atoms with van der Waals surface area (Å²) in [5.41, 5.74) is 1.17. The van der Waals surface area contributed by atoms with Crippen LogP contribution in [-0.4, -0.2) is 32.9 Å². The Kier molecular flexibility index (Phi) is 5.16. The molecule has 1 aliphatic heterocycles. The molecular weight excluding hydrogens is 278 g/mol. The summed E-state index contributed by atoms with van der Waals surface area (Å²) < 4.78 is 10.8. The largest absolute Gasteiger partial charge is 0.454 e. The third-order valence-corrected chi connectivity index (χ3v) is 3.75. The van der Waals surface area contributed by atoms with Crippen LogP contribution in [-0.2, 0) is 5.41 Å². The van der Waals surface area contributed by atoms with Crippen molar-refractivity contribution in [3.8, 4) is 11.5 Å². The maximum atomic E-state index is 5.47. The summed E-state index contributed by atoms with van der Waals surface area (Å²) >= 11 is 0. The van der Waals surface area contributed by atoms with Crippen LogP contribution >= 0.6 is 0 Å². The minimum atomic E-state index is -0.0452. The fourth-order valence-electron chi connectivity index (χ4n) is 2.25. The van der Waals surface area contributed by atoms with E-state index in [-0.39, 0.29) is 5.41 Å². The van der Waals surface area contributed by atoms with Crippen molar-refractivity contribution in [2.45, 2.75) is 33.1 Å². The van der Waals surface area contributed by atoms with E-state index in [1.807, 2.05) is 6.07 Å². The van der Waals surface area contributed by atoms with E-state index in [1.165, 1.54) is 5.56 Å². The van der Waals surface area contributed by atoms with Crippen LogP contribution in [0.15, 0.2) is 23.2 Å². The molecule has 0 aliphatic carbocycles. The Morgan fingerprint density at radius 2 is 1.95 bits per heavy atom. The van der Waals surface area contributed by atoms with Crippen molar-refractivity contribution in [2.75, 3.05) is 26.9 Å². The Bertz CT molecular complexity index is 539. The highest BCUT2D eigenvalue weighted by atomic mass is 16.7. The molecule has 0 aromatic heterocycles. The normalized spacial score (nSPS) is 14.4. The van der Waals surface area contributed by atoms with Gasteiger partial charge in [0.25, 0.3) is 0 Å². The SMILES string of the molecule is CN=C(NCC(C)C)NCC(C)(C)c1ccc2c(c1)OCO2. The summed E-state index contributed by atoms with van der Waals surface area (Å²) in [6, 6.07) is 6.14. The molecule has 0 radical (unpaired) electrons. The van der Waals surface area contributed by atoms with Crippen molar-refractivity contribution in [3.05, 3.63) is 23.8 Å². The monoisotopic (exact) mass is 305 g/mol. The maximum Gasteiger partial charge on any atom is 0.231 e. The summed E-state index contributed by atoms with van der Waals surface area (Å²) in [5, 5.41) is 6.73. The van der Waals surface area contributed by atoms with E-state index in [4.69, 9.17) is 9.47 Å². The molecule has 1 aromatic carbocycles. The lowest BCUT2D eigenvalue weighted by Crippen LogP contribution is -2.44. The van der Waals surface area contributed by atoms with Crippen molar-refractivity contribution in [3.63, 3.8) is 0 Å². The predicted molar refractivity (Wildman–Crippen MR) is 89.8 cm³/mol. The van der Waals surface area contributed by atoms with Crippen molar-refractivity contribution in [2.24, 2.45) is 10.9 Å². The Hall–Kier alpha value is -1.91. The second-order valence-corrected chi connectivity index (χ2v) is 6.65. The lowest BCUT2D eigenvalue weighted by molar-refractivity contribution is 0.174. The van der Waals surface area contributed by atoms with Crippen LogP contribution in [0.2, 0.25) is 0 Å². The fourth-order valence-corrected chi connectivity index (χ4v) is 2.25. The highest BCUT2D eigenvalue weighted by Crippen LogP contribution is 2.36. The van der Waals surface area contributed by atoms with Gasteiger partial charge >= 0.3 is 0 Å². The third kappa shape index (κ3) is 4.06. The fraction of sp³-hybridized carbons (Fsp3) is 0.588. The third-order valence-electron chi connectivity index (χ3n) is 3.75. The Morgan fingerprint density at radius 1 is 1.23 bits per heavy atom. The number of benzene rings is 1. The average Bonchev–Trinajstić information content (AvgIpc) is 2.94. The molecule has 122 valence electrons. The number of fused-ring (bicyclic) bond motifs is 1. The Labute approximate surface area is 133 Å². The lowest BCUT2D eigenvalue weighted by atomic mass is 9.84. The van der Waals surface area contributed by atoms with Crippen LogP contribution in [0.4, 0.5) is 0 Å². The number of ether oxygens (including phenoxy) is 2. The molecule has 0 unspecified atom stereocenters. The molecular formula is C17H27N3O2. The van der Waals surface area contributed by atoms with E-state index in [9.17, 15) is 0 Å². The molecule has 2 rings (SSSR count). The number of guanidine groups is 1. The summed E-state index contributed by atoms with van der Waals surface area (Å²) in [7, 11) is 1.79. The molecule has 0 spiro atoms. The van der Waals surface area contributed by atoms with Crippen molar-refractivity contribution in [1.82, 2.24) is 10.6 Å². The van der Waals surface area contributed by atoms with Crippen molar-refractivity contribution in [1.29, 1.82) is 0 Å². The molecule has 0 fully saturated rings. The molecule has 0 saturated carbocycles. The van der Waals surface area contributed by atoms with Crippen molar-refractivity contribution >= 4 is 5.96 Å². The quantitative estimate of drug-likeness (QED) is 0.648. The first-order chi connectivity index (χ1) is 10.4. The number of hydrogen-bond donors (Lipinski definition) is 2. The van der Waals surface area contributed by atoms with Gasteiger partial charge in [-0.1, -0.05) is 33.8 Å². The van der Waals surface area contributed by atoms with E-state index in [2.05, 4.69) is 55.5 Å². The molecule has 1 aromatic rings. The van der Waals surface area contributed by atoms with Crippen LogP contribution in [0.1, 0.15) is 33.3 Å². The van der Waals surface area contributed by atoms with Gasteiger partial charge in [0.15, 0.2) is 17.5 Å². The molecule has 5 heteroatoms. The molecule has 22 heavy (non-hydrogen) atoms. The molecule has 0 bridgehead atoms. The zero-order valence-corrected chi connectivity index (χ0v) is 14.2. The van der Waals surface area contributed by atoms with Crippen LogP contribution in [0, 0.1) is 5.92 Å². The Morgan fingerprint density at radius 3 is 2.64 bits per heavy atom. The van der Waals surface area contributed by atoms with Gasteiger partial charge in [0.05, 0.1) is 0 Å². The minimum absolute atomic E-state index is 0.0452. The van der Waals surface area contributed by atoms with Gasteiger partial charge in [-0.3, -0.25) is 4.99 Å². The van der Waals surface area contributed by atoms with Gasteiger partial charge in [-0.15, -0.1) is 0 Å². The first-order valence-corrected chi connectivity index (χ1v) is 7.77. The topological polar surface area (TPSA) is 54.9 Å². The van der Waals surface area contributed by atoms with Crippen LogP contribution in [0.3, 0.4) is 0 Å². The van der Waals surface area contributed by atoms with Gasteiger partial charge < -0.3 is 20.1 Å². The smallest absolute Gasteiger partial charge is 0.231 e. The molecule has 1 aliphatic rings. The van der Waals surface area contributed by atoms with Crippen molar-refractivity contribution < 1.29 is 9.47 Å². The van der Waals surface area contributed by atoms with Gasteiger partial charge in [0.1, 0.15) is 0 Å². The standard InChI is InChI=1S/C17H27N3O2/c1-12(2)9-19-16(18-5)20-10-17(3,4)13-6-7-14-15(8-13)22-11-21-14/h6-8,12H,9-11H2,1-5H3,(H2,18,19,20). The number of hydrogen-bond acceptors (Lipinski definition) is 3. The number of rotatable bonds is 5. The number of aliphatic imine (C=N–C) groups is 1. The summed E-state index contributed by atoms with van der Waals surface area (Å²) in [5.74, 6) is 3.07. The molecule has 5 nitrogen and oxygen atoms in total. The number of nitrogens with zero attached hydrogens (tertiary/aromatic N) is 1. The van der Waals surface area contributed by atoms with Gasteiger partial charge in [-0.05, 0) is 23.6 Å². The second-order valence-electron chi connectivity index (χ2n) is 6.65. The van der Waals surface area contributed by atoms with Gasteiger partial charge in [-0.25, -0.2) is 0 Å². The minimum Gasteiger partial charge on any atom is -0.454 e. The molecule has 0 saturated heterocycles. The van der Waals surface area contributed by atoms with Crippen LogP contribution < -0.4 is 20.1 Å². The highest BCUT2D eigenvalue weighted by Gasteiger charge is 2.24. The first-order valence-electron chi connectivity index (χ1n) is 7.77. The van der Waals surface area contributed by atoms with E-state index in [0.29, 0.717) is 12.7 Å². The van der Waals surface area contributed by atoms with Crippen LogP contribution in [0.5, 0.6) is 11.5 Å². The first kappa shape index (κ1) is 16.5. The Balaban J connectivity index is 1.98. The molecule has 0 atom stereocenters. The molecule has 0 amide bonds. The summed E-state index contributed by atoms with van der Waals surface area (Å²) in [4.78, 5) is 4.26. The average molecular weight is 305 g/mol. The van der Waals surface area contributed by atoms with Gasteiger partial charge in [-0.2, -0.15) is 0 Å². The van der Waals surface area contributed by atoms with E-state index in [0.717, 1.165) is 30.5 Å². The van der Waals surface area contributed by atoms with Crippen LogP contribution in [0.25, 0.3) is 0 Å². The van der Waals surface area contributed by atoms with Gasteiger partial charge in [0, 0.05) is 25.6 Å². The van der Waals surface area contributed by atoms with Gasteiger partial charge in [0.2, 0.25) is 6.79 Å². The zero-order chi connectivity index (χ0) is 16.2.